The minimum atomic E-state index is 1.04. The molecular weight excluding hydrogens is 120 g/mol. The first-order valence-electron chi connectivity index (χ1n) is 4.86. The van der Waals surface area contributed by atoms with Crippen molar-refractivity contribution >= 4 is 0 Å². The van der Waals surface area contributed by atoms with E-state index < -0.39 is 0 Å². The maximum absolute atomic E-state index is 2.43. The van der Waals surface area contributed by atoms with Gasteiger partial charge in [0.05, 0.1) is 0 Å². The summed E-state index contributed by atoms with van der Waals surface area (Å²) < 4.78 is 0. The molecule has 0 N–H and O–H groups in total. The van der Waals surface area contributed by atoms with Crippen molar-refractivity contribution in [3.8, 4) is 0 Å². The van der Waals surface area contributed by atoms with Crippen molar-refractivity contribution in [2.24, 2.45) is 17.8 Å². The molecule has 0 aromatic heterocycles. The van der Waals surface area contributed by atoms with Crippen molar-refractivity contribution in [1.29, 1.82) is 0 Å². The lowest BCUT2D eigenvalue weighted by Crippen LogP contribution is -2.00. The Balaban J connectivity index is 1.85. The smallest absolute Gasteiger partial charge is 0.0380 e. The predicted molar refractivity (Wildman–Crippen MR) is 43.8 cm³/mol. The van der Waals surface area contributed by atoms with Crippen LogP contribution in [0.2, 0.25) is 0 Å². The van der Waals surface area contributed by atoms with Gasteiger partial charge in [-0.15, -0.1) is 0 Å². The van der Waals surface area contributed by atoms with E-state index in [1.54, 1.807) is 19.3 Å². The number of rotatable bonds is 0. The predicted octanol–water partition coefficient (Wildman–Crippen LogP) is 3.22. The summed E-state index contributed by atoms with van der Waals surface area (Å²) in [5.41, 5.74) is 0. The molecule has 2 aliphatic carbocycles. The van der Waals surface area contributed by atoms with E-state index in [1.165, 1.54) is 25.2 Å². The van der Waals surface area contributed by atoms with Crippen LogP contribution < -0.4 is 0 Å². The van der Waals surface area contributed by atoms with Gasteiger partial charge in [0.15, 0.2) is 0 Å². The zero-order chi connectivity index (χ0) is 6.97. The van der Waals surface area contributed by atoms with Gasteiger partial charge in [-0.3, -0.25) is 0 Å². The molecule has 0 aromatic rings. The highest BCUT2D eigenvalue weighted by molar-refractivity contribution is 4.88. The van der Waals surface area contributed by atoms with E-state index in [2.05, 4.69) is 6.92 Å². The molecule has 0 amide bonds. The van der Waals surface area contributed by atoms with Crippen LogP contribution >= 0.6 is 0 Å². The van der Waals surface area contributed by atoms with Gasteiger partial charge in [-0.1, -0.05) is 32.6 Å². The first-order chi connectivity index (χ1) is 4.86. The maximum Gasteiger partial charge on any atom is -0.0380 e. The van der Waals surface area contributed by atoms with E-state index in [1.807, 2.05) is 0 Å². The summed E-state index contributed by atoms with van der Waals surface area (Å²) in [5, 5.41) is 0. The number of hydrogen-bond donors (Lipinski definition) is 0. The van der Waals surface area contributed by atoms with E-state index in [0.717, 1.165) is 11.8 Å². The molecule has 3 atom stereocenters. The fourth-order valence-electron chi connectivity index (χ4n) is 2.49. The fourth-order valence-corrected chi connectivity index (χ4v) is 2.49. The second-order valence-electron chi connectivity index (χ2n) is 4.38. The minimum absolute atomic E-state index is 1.04. The molecule has 0 saturated heterocycles. The van der Waals surface area contributed by atoms with Gasteiger partial charge >= 0.3 is 0 Å². The minimum Gasteiger partial charge on any atom is -0.0625 e. The molecule has 2 fully saturated rings. The lowest BCUT2D eigenvalue weighted by atomic mass is 9.93. The third-order valence-corrected chi connectivity index (χ3v) is 3.30. The Morgan fingerprint density at radius 3 is 2.60 bits per heavy atom. The molecule has 0 aliphatic heterocycles. The van der Waals surface area contributed by atoms with Crippen molar-refractivity contribution in [2.75, 3.05) is 0 Å². The Hall–Kier alpha value is 0. The normalized spacial score (nSPS) is 47.1. The van der Waals surface area contributed by atoms with E-state index >= 15 is 0 Å². The molecule has 3 unspecified atom stereocenters. The van der Waals surface area contributed by atoms with Gasteiger partial charge in [-0.05, 0) is 30.6 Å². The van der Waals surface area contributed by atoms with Crippen LogP contribution in [-0.4, -0.2) is 0 Å². The Morgan fingerprint density at radius 2 is 1.70 bits per heavy atom. The van der Waals surface area contributed by atoms with E-state index in [-0.39, 0.29) is 0 Å². The van der Waals surface area contributed by atoms with Gasteiger partial charge in [0, 0.05) is 0 Å². The van der Waals surface area contributed by atoms with Gasteiger partial charge in [-0.2, -0.15) is 0 Å². The van der Waals surface area contributed by atoms with Crippen LogP contribution in [0.5, 0.6) is 0 Å². The van der Waals surface area contributed by atoms with Gasteiger partial charge in [0.25, 0.3) is 0 Å². The lowest BCUT2D eigenvalue weighted by Gasteiger charge is -2.13. The van der Waals surface area contributed by atoms with Crippen LogP contribution in [0.1, 0.15) is 45.4 Å². The summed E-state index contributed by atoms with van der Waals surface area (Å²) in [6.07, 6.45) is 9.20. The zero-order valence-corrected chi connectivity index (χ0v) is 6.97. The van der Waals surface area contributed by atoms with Crippen molar-refractivity contribution in [3.05, 3.63) is 0 Å². The van der Waals surface area contributed by atoms with Gasteiger partial charge in [-0.25, -0.2) is 0 Å². The largest absolute Gasteiger partial charge is 0.0625 e. The summed E-state index contributed by atoms with van der Waals surface area (Å²) in [5.74, 6) is 3.37. The fraction of sp³-hybridized carbons (Fsp3) is 1.00. The van der Waals surface area contributed by atoms with Crippen LogP contribution in [0, 0.1) is 17.8 Å². The van der Waals surface area contributed by atoms with E-state index in [4.69, 9.17) is 0 Å². The molecule has 10 heavy (non-hydrogen) atoms. The van der Waals surface area contributed by atoms with Gasteiger partial charge < -0.3 is 0 Å². The highest BCUT2D eigenvalue weighted by Gasteiger charge is 2.37. The molecule has 2 saturated carbocycles. The van der Waals surface area contributed by atoms with Gasteiger partial charge in [0.2, 0.25) is 0 Å². The van der Waals surface area contributed by atoms with E-state index in [9.17, 15) is 0 Å². The van der Waals surface area contributed by atoms with Crippen LogP contribution in [-0.2, 0) is 0 Å². The van der Waals surface area contributed by atoms with Crippen molar-refractivity contribution in [3.63, 3.8) is 0 Å². The summed E-state index contributed by atoms with van der Waals surface area (Å²) >= 11 is 0. The monoisotopic (exact) mass is 138 g/mol. The zero-order valence-electron chi connectivity index (χ0n) is 6.97. The average molecular weight is 138 g/mol. The highest BCUT2D eigenvalue weighted by atomic mass is 14.4. The molecule has 0 radical (unpaired) electrons. The summed E-state index contributed by atoms with van der Waals surface area (Å²) in [7, 11) is 0. The Bertz CT molecular complexity index is 117. The summed E-state index contributed by atoms with van der Waals surface area (Å²) in [4.78, 5) is 0. The third-order valence-electron chi connectivity index (χ3n) is 3.30. The second-order valence-corrected chi connectivity index (χ2v) is 4.38. The van der Waals surface area contributed by atoms with Crippen LogP contribution in [0.4, 0.5) is 0 Å². The lowest BCUT2D eigenvalue weighted by molar-refractivity contribution is 0.390. The number of fused-ring (bicyclic) bond motifs is 1. The molecule has 58 valence electrons. The Morgan fingerprint density at radius 1 is 0.900 bits per heavy atom. The topological polar surface area (TPSA) is 0 Å². The molecule has 0 spiro atoms. The molecule has 2 aliphatic rings. The SMILES string of the molecule is CC1CCCCC2CC2C1. The van der Waals surface area contributed by atoms with E-state index in [0.29, 0.717) is 0 Å². The second kappa shape index (κ2) is 2.56. The average Bonchev–Trinajstić information content (AvgIpc) is 2.54. The Kier molecular flexibility index (Phi) is 1.71. The van der Waals surface area contributed by atoms with Crippen LogP contribution in [0.25, 0.3) is 0 Å². The first-order valence-corrected chi connectivity index (χ1v) is 4.86. The summed E-state index contributed by atoms with van der Waals surface area (Å²) in [6.45, 7) is 2.43. The van der Waals surface area contributed by atoms with Crippen LogP contribution in [0.15, 0.2) is 0 Å². The first kappa shape index (κ1) is 6.69. The summed E-state index contributed by atoms with van der Waals surface area (Å²) in [6, 6.07) is 0. The van der Waals surface area contributed by atoms with Crippen molar-refractivity contribution in [2.45, 2.75) is 45.4 Å². The number of hydrogen-bond acceptors (Lipinski definition) is 0. The molecule has 0 heterocycles. The molecular formula is C10H18. The standard InChI is InChI=1S/C10H18/c1-8-4-2-3-5-9-7-10(9)6-8/h8-10H,2-7H2,1H3. The third kappa shape index (κ3) is 1.36. The quantitative estimate of drug-likeness (QED) is 0.482. The molecule has 0 bridgehead atoms. The molecule has 0 nitrogen and oxygen atoms in total. The van der Waals surface area contributed by atoms with Gasteiger partial charge in [0.1, 0.15) is 0 Å². The molecule has 0 aromatic carbocycles. The van der Waals surface area contributed by atoms with Crippen LogP contribution in [0.3, 0.4) is 0 Å². The molecule has 0 heteroatoms. The Labute approximate surface area is 64.0 Å². The van der Waals surface area contributed by atoms with Crippen molar-refractivity contribution < 1.29 is 0 Å². The maximum atomic E-state index is 2.43. The molecule has 2 rings (SSSR count). The van der Waals surface area contributed by atoms with Crippen molar-refractivity contribution in [1.82, 2.24) is 0 Å². The highest BCUT2D eigenvalue weighted by Crippen LogP contribution is 2.48.